The van der Waals surface area contributed by atoms with E-state index >= 15 is 0 Å². The van der Waals surface area contributed by atoms with Crippen LogP contribution in [0.5, 0.6) is 0 Å². The van der Waals surface area contributed by atoms with E-state index in [2.05, 4.69) is 9.97 Å². The molecule has 51 heavy (non-hydrogen) atoms. The molecule has 1 amide bonds. The summed E-state index contributed by atoms with van der Waals surface area (Å²) in [5, 5.41) is 9.33. The zero-order valence-corrected chi connectivity index (χ0v) is 29.6. The van der Waals surface area contributed by atoms with Crippen molar-refractivity contribution in [2.75, 3.05) is 6.26 Å². The Balaban J connectivity index is 1.58. The third-order valence-electron chi connectivity index (χ3n) is 8.51. The van der Waals surface area contributed by atoms with E-state index in [1.54, 1.807) is 13.0 Å². The van der Waals surface area contributed by atoms with Gasteiger partial charge in [-0.2, -0.15) is 26.3 Å². The van der Waals surface area contributed by atoms with Gasteiger partial charge in [0.15, 0.2) is 0 Å². The minimum absolute atomic E-state index is 0.0135. The Hall–Kier alpha value is -4.32. The molecule has 2 aromatic heterocycles. The molecule has 1 aromatic carbocycles. The number of thiazole rings is 1. The number of nitrogens with zero attached hydrogens (tertiary/aromatic N) is 4. The molecule has 0 bridgehead atoms. The van der Waals surface area contributed by atoms with Crippen molar-refractivity contribution < 1.29 is 54.2 Å². The van der Waals surface area contributed by atoms with Crippen molar-refractivity contribution >= 4 is 33.2 Å². The fourth-order valence-corrected chi connectivity index (χ4v) is 7.83. The van der Waals surface area contributed by atoms with E-state index in [4.69, 9.17) is 9.72 Å². The largest absolute Gasteiger partial charge is 0.478 e. The second-order valence-corrected chi connectivity index (χ2v) is 16.3. The molecule has 3 aromatic rings. The normalized spacial score (nSPS) is 20.3. The van der Waals surface area contributed by atoms with Gasteiger partial charge in [0, 0.05) is 40.5 Å². The van der Waals surface area contributed by atoms with Crippen LogP contribution in [-0.4, -0.2) is 76.2 Å². The molecule has 0 radical (unpaired) electrons. The summed E-state index contributed by atoms with van der Waals surface area (Å²) >= 11 is 1.19. The van der Waals surface area contributed by atoms with Gasteiger partial charge in [-0.25, -0.2) is 33.0 Å². The number of rotatable bonds is 7. The predicted octanol–water partition coefficient (Wildman–Crippen LogP) is 7.68. The Labute approximate surface area is 292 Å². The van der Waals surface area contributed by atoms with Crippen molar-refractivity contribution in [2.24, 2.45) is 5.92 Å². The smallest absolute Gasteiger partial charge is 0.416 e. The highest BCUT2D eigenvalue weighted by atomic mass is 32.2. The second-order valence-electron chi connectivity index (χ2n) is 13.4. The molecule has 3 heterocycles. The summed E-state index contributed by atoms with van der Waals surface area (Å²) in [6.45, 7) is 8.32. The van der Waals surface area contributed by atoms with Crippen molar-refractivity contribution in [1.82, 2.24) is 19.9 Å². The number of hydrogen-bond donors (Lipinski definition) is 1. The maximum Gasteiger partial charge on any atom is 0.416 e. The van der Waals surface area contributed by atoms with E-state index in [0.29, 0.717) is 32.8 Å². The first-order valence-corrected chi connectivity index (χ1v) is 18.0. The Bertz CT molecular complexity index is 2080. The number of amides is 1. The van der Waals surface area contributed by atoms with Crippen molar-refractivity contribution in [3.8, 4) is 21.0 Å². The molecular formula is C33H32F6N4O6S2. The standard InChI is InChI=1S/C33H32F6N4O6S2/c1-15-9-17(28(44)45)7-8-21(15)27-42-26(31(3,4)5)25(50-27)22-13-40-29(51(6,47)48)41-23(22)14-43-16(2)24(49-30(43)46)18-10-19(32(34,35)36)12-20(11-18)33(37,38)39/h7-10,12-13,16,18,24H,11,14H2,1-6H3,(H,44,45)/t16-,18?,24-/m0/s1. The van der Waals surface area contributed by atoms with Crippen molar-refractivity contribution in [3.05, 3.63) is 70.2 Å². The van der Waals surface area contributed by atoms with E-state index in [-0.39, 0.29) is 22.9 Å². The summed E-state index contributed by atoms with van der Waals surface area (Å²) in [4.78, 5) is 39.5. The van der Waals surface area contributed by atoms with Crippen LogP contribution in [0.2, 0.25) is 0 Å². The average molecular weight is 759 g/mol. The lowest BCUT2D eigenvalue weighted by atomic mass is 9.83. The summed E-state index contributed by atoms with van der Waals surface area (Å²) in [5.41, 5.74) is -1.39. The highest BCUT2D eigenvalue weighted by Crippen LogP contribution is 2.45. The molecule has 1 N–H and O–H groups in total. The van der Waals surface area contributed by atoms with Crippen LogP contribution in [0, 0.1) is 12.8 Å². The number of ether oxygens (including phenoxy) is 1. The number of hydrogen-bond acceptors (Lipinski definition) is 9. The second kappa shape index (κ2) is 13.0. The zero-order chi connectivity index (χ0) is 38.0. The number of carbonyl (C=O) groups excluding carboxylic acids is 1. The SMILES string of the molecule is Cc1cc(C(=O)O)ccc1-c1nc(C(C)(C)C)c(-c2cnc(S(C)(=O)=O)nc2CN2C(=O)O[C@H](C3C=C(C(F)(F)F)C=C(C(F)(F)F)C3)[C@@H]2C)s1. The Morgan fingerprint density at radius 1 is 1.08 bits per heavy atom. The molecule has 0 saturated carbocycles. The third kappa shape index (κ3) is 7.80. The van der Waals surface area contributed by atoms with Gasteiger partial charge in [0.1, 0.15) is 11.1 Å². The Morgan fingerprint density at radius 3 is 2.29 bits per heavy atom. The van der Waals surface area contributed by atoms with Crippen LogP contribution in [0.3, 0.4) is 0 Å². The molecule has 5 rings (SSSR count). The number of aromatic carboxylic acids is 1. The monoisotopic (exact) mass is 758 g/mol. The topological polar surface area (TPSA) is 140 Å². The number of carboxylic acid groups (broad SMARTS) is 1. The Kier molecular flexibility index (Phi) is 9.68. The van der Waals surface area contributed by atoms with E-state index < -0.39 is 87.0 Å². The van der Waals surface area contributed by atoms with Crippen molar-refractivity contribution in [1.29, 1.82) is 0 Å². The number of alkyl halides is 6. The number of benzene rings is 1. The third-order valence-corrected chi connectivity index (χ3v) is 10.5. The number of aryl methyl sites for hydroxylation is 1. The maximum atomic E-state index is 13.7. The first-order chi connectivity index (χ1) is 23.4. The molecule has 1 aliphatic carbocycles. The van der Waals surface area contributed by atoms with Crippen LogP contribution >= 0.6 is 11.3 Å². The van der Waals surface area contributed by atoms with Gasteiger partial charge in [0.25, 0.3) is 0 Å². The number of carboxylic acids is 1. The van der Waals surface area contributed by atoms with Crippen LogP contribution in [-0.2, 0) is 26.5 Å². The average Bonchev–Trinajstić information content (AvgIpc) is 3.57. The summed E-state index contributed by atoms with van der Waals surface area (Å²) in [6.07, 6.45) is -10.6. The number of sulfone groups is 1. The van der Waals surface area contributed by atoms with Gasteiger partial charge in [-0.1, -0.05) is 32.9 Å². The van der Waals surface area contributed by atoms with E-state index in [1.165, 1.54) is 36.6 Å². The maximum absolute atomic E-state index is 13.7. The quantitative estimate of drug-likeness (QED) is 0.190. The molecule has 274 valence electrons. The highest BCUT2D eigenvalue weighted by Gasteiger charge is 2.48. The molecule has 2 aliphatic rings. The lowest BCUT2D eigenvalue weighted by Crippen LogP contribution is -2.38. The number of aromatic nitrogens is 3. The predicted molar refractivity (Wildman–Crippen MR) is 174 cm³/mol. The van der Waals surface area contributed by atoms with E-state index in [1.807, 2.05) is 20.8 Å². The molecule has 0 spiro atoms. The van der Waals surface area contributed by atoms with Crippen LogP contribution in [0.1, 0.15) is 61.4 Å². The molecular weight excluding hydrogens is 727 g/mol. The minimum atomic E-state index is -5.09. The van der Waals surface area contributed by atoms with Gasteiger partial charge in [-0.15, -0.1) is 11.3 Å². The first-order valence-electron chi connectivity index (χ1n) is 15.3. The Morgan fingerprint density at radius 2 is 1.75 bits per heavy atom. The van der Waals surface area contributed by atoms with Gasteiger partial charge in [-0.05, 0) is 44.0 Å². The first kappa shape index (κ1) is 37.9. The number of carbonyl (C=O) groups is 2. The number of halogens is 6. The van der Waals surface area contributed by atoms with Crippen molar-refractivity contribution in [2.45, 2.75) is 82.7 Å². The fourth-order valence-electron chi connectivity index (χ4n) is 5.91. The van der Waals surface area contributed by atoms with Crippen LogP contribution in [0.25, 0.3) is 21.0 Å². The molecule has 1 unspecified atom stereocenters. The highest BCUT2D eigenvalue weighted by molar-refractivity contribution is 7.90. The molecule has 18 heteroatoms. The molecule has 1 aliphatic heterocycles. The molecule has 3 atom stereocenters. The lowest BCUT2D eigenvalue weighted by Gasteiger charge is -2.30. The molecule has 1 saturated heterocycles. The van der Waals surface area contributed by atoms with Gasteiger partial charge in [-0.3, -0.25) is 4.90 Å². The van der Waals surface area contributed by atoms with Crippen LogP contribution in [0.4, 0.5) is 31.1 Å². The van der Waals surface area contributed by atoms with Crippen LogP contribution < -0.4 is 0 Å². The number of allylic oxidation sites excluding steroid dienone is 3. The summed E-state index contributed by atoms with van der Waals surface area (Å²) in [7, 11) is -3.99. The van der Waals surface area contributed by atoms with Gasteiger partial charge >= 0.3 is 24.4 Å². The van der Waals surface area contributed by atoms with E-state index in [9.17, 15) is 49.5 Å². The van der Waals surface area contributed by atoms with Crippen LogP contribution in [0.15, 0.2) is 52.9 Å². The summed E-state index contributed by atoms with van der Waals surface area (Å²) in [5.74, 6) is -2.59. The molecule has 1 fully saturated rings. The minimum Gasteiger partial charge on any atom is -0.478 e. The summed E-state index contributed by atoms with van der Waals surface area (Å²) < 4.78 is 112. The summed E-state index contributed by atoms with van der Waals surface area (Å²) in [6, 6.07) is 3.47. The molecule has 10 nitrogen and oxygen atoms in total. The number of cyclic esters (lactones) is 1. The van der Waals surface area contributed by atoms with Gasteiger partial charge in [0.2, 0.25) is 15.0 Å². The lowest BCUT2D eigenvalue weighted by molar-refractivity contribution is -0.101. The van der Waals surface area contributed by atoms with E-state index in [0.717, 1.165) is 11.2 Å². The van der Waals surface area contributed by atoms with Gasteiger partial charge < -0.3 is 9.84 Å². The zero-order valence-electron chi connectivity index (χ0n) is 28.0. The van der Waals surface area contributed by atoms with Crippen molar-refractivity contribution in [3.63, 3.8) is 0 Å². The van der Waals surface area contributed by atoms with Gasteiger partial charge in [0.05, 0.1) is 40.0 Å². The fraction of sp³-hybridized carbons (Fsp3) is 0.424.